The van der Waals surface area contributed by atoms with E-state index in [4.69, 9.17) is 16.3 Å². The summed E-state index contributed by atoms with van der Waals surface area (Å²) in [5.41, 5.74) is 1.83. The highest BCUT2D eigenvalue weighted by atomic mass is 35.5. The number of fused-ring (bicyclic) bond motifs is 1. The van der Waals surface area contributed by atoms with E-state index >= 15 is 0 Å². The number of aromatic nitrogens is 2. The van der Waals surface area contributed by atoms with Crippen LogP contribution in [-0.2, 0) is 16.1 Å². The van der Waals surface area contributed by atoms with Gasteiger partial charge in [-0.1, -0.05) is 11.6 Å². The summed E-state index contributed by atoms with van der Waals surface area (Å²) in [6.45, 7) is 1.33. The zero-order valence-electron chi connectivity index (χ0n) is 17.6. The van der Waals surface area contributed by atoms with Gasteiger partial charge < -0.3 is 19.9 Å². The van der Waals surface area contributed by atoms with E-state index in [2.05, 4.69) is 15.6 Å². The van der Waals surface area contributed by atoms with Crippen LogP contribution in [0, 0.1) is 0 Å². The van der Waals surface area contributed by atoms with Crippen LogP contribution < -0.4 is 10.6 Å². The maximum atomic E-state index is 12.9. The molecule has 1 aromatic carbocycles. The first-order valence-corrected chi connectivity index (χ1v) is 12.2. The van der Waals surface area contributed by atoms with Crippen molar-refractivity contribution in [3.63, 3.8) is 0 Å². The second-order valence-corrected chi connectivity index (χ2v) is 10.1. The van der Waals surface area contributed by atoms with Gasteiger partial charge in [0.2, 0.25) is 5.91 Å². The Kier molecular flexibility index (Phi) is 6.17. The van der Waals surface area contributed by atoms with E-state index < -0.39 is 6.04 Å². The number of hydrogen-bond donors (Lipinski definition) is 2. The lowest BCUT2D eigenvalue weighted by molar-refractivity contribution is -0.124. The van der Waals surface area contributed by atoms with Crippen LogP contribution in [0.15, 0.2) is 36.7 Å². The monoisotopic (exact) mass is 472 g/mol. The molecule has 0 spiro atoms. The second-order valence-electron chi connectivity index (χ2n) is 8.45. The van der Waals surface area contributed by atoms with Crippen molar-refractivity contribution in [1.82, 2.24) is 20.2 Å². The van der Waals surface area contributed by atoms with Gasteiger partial charge in [-0.25, -0.2) is 4.98 Å². The van der Waals surface area contributed by atoms with E-state index in [1.54, 1.807) is 6.33 Å². The summed E-state index contributed by atoms with van der Waals surface area (Å²) in [6.07, 6.45) is 6.25. The maximum absolute atomic E-state index is 12.9. The molecular weight excluding hydrogens is 448 g/mol. The van der Waals surface area contributed by atoms with Crippen molar-refractivity contribution in [2.24, 2.45) is 0 Å². The van der Waals surface area contributed by atoms with Gasteiger partial charge in [0.05, 0.1) is 34.9 Å². The molecule has 3 heterocycles. The van der Waals surface area contributed by atoms with Gasteiger partial charge in [0.25, 0.3) is 5.91 Å². The molecule has 3 aromatic rings. The van der Waals surface area contributed by atoms with Crippen molar-refractivity contribution in [2.45, 2.75) is 56.8 Å². The molecule has 0 radical (unpaired) electrons. The molecule has 2 N–H and O–H groups in total. The zero-order valence-corrected chi connectivity index (χ0v) is 19.1. The quantitative estimate of drug-likeness (QED) is 0.523. The lowest BCUT2D eigenvalue weighted by atomic mass is 10.1. The largest absolute Gasteiger partial charge is 0.378 e. The summed E-state index contributed by atoms with van der Waals surface area (Å²) in [7, 11) is 0. The Morgan fingerprint density at radius 1 is 1.25 bits per heavy atom. The third-order valence-corrected chi connectivity index (χ3v) is 7.17. The number of carbonyl (C=O) groups is 2. The lowest BCUT2D eigenvalue weighted by Crippen LogP contribution is -2.48. The summed E-state index contributed by atoms with van der Waals surface area (Å²) in [5.74, 6) is -0.339. The highest BCUT2D eigenvalue weighted by Gasteiger charge is 2.31. The van der Waals surface area contributed by atoms with Crippen molar-refractivity contribution < 1.29 is 14.3 Å². The standard InChI is InChI=1S/C23H25ClN4O3S/c24-14-3-7-20-18(10-14)25-13-28(20)12-17-6-8-21(32-17)23(30)27-19(11-16-2-1-9-31-16)22(29)26-15-4-5-15/h3,6-8,10,13,15-16,19H,1-2,4-5,9,11-12H2,(H,26,29)(H,27,30)/t16?,19-/m0/s1. The number of imidazole rings is 1. The Balaban J connectivity index is 1.26. The summed E-state index contributed by atoms with van der Waals surface area (Å²) >= 11 is 7.47. The molecule has 5 rings (SSSR count). The number of nitrogens with one attached hydrogen (secondary N) is 2. The topological polar surface area (TPSA) is 85.2 Å². The van der Waals surface area contributed by atoms with Crippen LogP contribution in [0.2, 0.25) is 5.02 Å². The van der Waals surface area contributed by atoms with Gasteiger partial charge in [-0.05, 0) is 56.0 Å². The molecule has 168 valence electrons. The average molecular weight is 473 g/mol. The predicted molar refractivity (Wildman–Crippen MR) is 124 cm³/mol. The average Bonchev–Trinajstić information content (AvgIpc) is 3.16. The maximum Gasteiger partial charge on any atom is 0.262 e. The smallest absolute Gasteiger partial charge is 0.262 e. The van der Waals surface area contributed by atoms with E-state index in [1.807, 2.05) is 34.9 Å². The van der Waals surface area contributed by atoms with Crippen LogP contribution in [0.3, 0.4) is 0 Å². The summed E-state index contributed by atoms with van der Waals surface area (Å²) in [6, 6.07) is 9.05. The number of halogens is 1. The number of carbonyl (C=O) groups excluding carboxylic acids is 2. The molecule has 2 aliphatic rings. The van der Waals surface area contributed by atoms with Gasteiger partial charge >= 0.3 is 0 Å². The number of benzene rings is 1. The number of amides is 2. The van der Waals surface area contributed by atoms with E-state index in [0.29, 0.717) is 22.9 Å². The van der Waals surface area contributed by atoms with Gasteiger partial charge in [0.1, 0.15) is 6.04 Å². The van der Waals surface area contributed by atoms with Crippen molar-refractivity contribution in [3.05, 3.63) is 51.4 Å². The van der Waals surface area contributed by atoms with Gasteiger partial charge in [-0.15, -0.1) is 11.3 Å². The Hall–Kier alpha value is -2.42. The first-order valence-electron chi connectivity index (χ1n) is 11.0. The van der Waals surface area contributed by atoms with Crippen LogP contribution in [-0.4, -0.2) is 46.2 Å². The molecule has 1 aliphatic heterocycles. The van der Waals surface area contributed by atoms with Crippen molar-refractivity contribution in [1.29, 1.82) is 0 Å². The molecule has 2 amide bonds. The van der Waals surface area contributed by atoms with Gasteiger partial charge in [-0.2, -0.15) is 0 Å². The van der Waals surface area contributed by atoms with Crippen LogP contribution in [0.4, 0.5) is 0 Å². The third kappa shape index (κ3) is 4.98. The van der Waals surface area contributed by atoms with Crippen molar-refractivity contribution in [2.75, 3.05) is 6.61 Å². The SMILES string of the molecule is O=C(N[C@@H](CC1CCCO1)C(=O)NC1CC1)c1ccc(Cn2cnc3cc(Cl)ccc32)s1. The van der Waals surface area contributed by atoms with E-state index in [1.165, 1.54) is 11.3 Å². The summed E-state index contributed by atoms with van der Waals surface area (Å²) < 4.78 is 7.73. The number of rotatable bonds is 8. The molecular formula is C23H25ClN4O3S. The van der Waals surface area contributed by atoms with E-state index in [-0.39, 0.29) is 24.0 Å². The van der Waals surface area contributed by atoms with E-state index in [9.17, 15) is 9.59 Å². The van der Waals surface area contributed by atoms with Gasteiger partial charge in [0, 0.05) is 29.0 Å². The highest BCUT2D eigenvalue weighted by Crippen LogP contribution is 2.24. The Bertz CT molecular complexity index is 1130. The minimum Gasteiger partial charge on any atom is -0.378 e. The first kappa shape index (κ1) is 21.4. The second kappa shape index (κ2) is 9.21. The molecule has 2 fully saturated rings. The molecule has 0 bridgehead atoms. The molecule has 1 saturated heterocycles. The number of ether oxygens (including phenoxy) is 1. The van der Waals surface area contributed by atoms with Crippen molar-refractivity contribution in [3.8, 4) is 0 Å². The molecule has 1 saturated carbocycles. The Labute approximate surface area is 195 Å². The molecule has 1 unspecified atom stereocenters. The third-order valence-electron chi connectivity index (χ3n) is 5.86. The van der Waals surface area contributed by atoms with Crippen LogP contribution >= 0.6 is 22.9 Å². The fraction of sp³-hybridized carbons (Fsp3) is 0.435. The normalized spacial score (nSPS) is 19.2. The minimum atomic E-state index is -0.584. The highest BCUT2D eigenvalue weighted by molar-refractivity contribution is 7.14. The van der Waals surface area contributed by atoms with Crippen LogP contribution in [0.1, 0.15) is 46.7 Å². The predicted octanol–water partition coefficient (Wildman–Crippen LogP) is 3.75. The number of nitrogens with zero attached hydrogens (tertiary/aromatic N) is 2. The molecule has 2 atom stereocenters. The summed E-state index contributed by atoms with van der Waals surface area (Å²) in [5, 5.41) is 6.62. The summed E-state index contributed by atoms with van der Waals surface area (Å²) in [4.78, 5) is 31.7. The minimum absolute atomic E-state index is 0.0205. The Morgan fingerprint density at radius 2 is 2.12 bits per heavy atom. The van der Waals surface area contributed by atoms with Gasteiger partial charge in [-0.3, -0.25) is 9.59 Å². The van der Waals surface area contributed by atoms with Crippen LogP contribution in [0.25, 0.3) is 11.0 Å². The zero-order chi connectivity index (χ0) is 22.1. The molecule has 9 heteroatoms. The molecule has 32 heavy (non-hydrogen) atoms. The first-order chi connectivity index (χ1) is 15.5. The molecule has 7 nitrogen and oxygen atoms in total. The molecule has 2 aromatic heterocycles. The van der Waals surface area contributed by atoms with E-state index in [0.717, 1.165) is 48.2 Å². The number of thiophene rings is 1. The Morgan fingerprint density at radius 3 is 2.91 bits per heavy atom. The fourth-order valence-electron chi connectivity index (χ4n) is 4.00. The molecule has 1 aliphatic carbocycles. The van der Waals surface area contributed by atoms with Crippen LogP contribution in [0.5, 0.6) is 0 Å². The van der Waals surface area contributed by atoms with Gasteiger partial charge in [0.15, 0.2) is 0 Å². The number of hydrogen-bond acceptors (Lipinski definition) is 5. The van der Waals surface area contributed by atoms with Crippen molar-refractivity contribution >= 4 is 45.8 Å². The lowest BCUT2D eigenvalue weighted by Gasteiger charge is -2.21. The fourth-order valence-corrected chi connectivity index (χ4v) is 5.08.